The second-order valence-electron chi connectivity index (χ2n) is 6.23. The fraction of sp³-hybridized carbons (Fsp3) is 0.368. The number of hydrogen-bond donors (Lipinski definition) is 0. The van der Waals surface area contributed by atoms with Crippen molar-refractivity contribution >= 4 is 51.7 Å². The van der Waals surface area contributed by atoms with Crippen LogP contribution in [0.15, 0.2) is 18.2 Å². The standard InChI is InChI=1S/C19H17Cl2NO5/c1-3-26-17(24)19(18(25)27-4-2)8-10-5-6-11-12(15(10)13(23)9-19)7-14(20)22-16(11)21/h5-7H,3-4,8-9H2,1-2H3. The molecule has 0 unspecified atom stereocenters. The largest absolute Gasteiger partial charge is 0.465 e. The number of halogens is 2. The highest BCUT2D eigenvalue weighted by atomic mass is 35.5. The number of carbonyl (C=O) groups is 3. The Morgan fingerprint density at radius 1 is 1.07 bits per heavy atom. The van der Waals surface area contributed by atoms with Crippen molar-refractivity contribution in [2.24, 2.45) is 5.41 Å². The molecular formula is C19H17Cl2NO5. The minimum absolute atomic E-state index is 0.000753. The van der Waals surface area contributed by atoms with Crippen molar-refractivity contribution in [2.75, 3.05) is 13.2 Å². The van der Waals surface area contributed by atoms with Gasteiger partial charge in [-0.15, -0.1) is 0 Å². The van der Waals surface area contributed by atoms with E-state index in [0.717, 1.165) is 0 Å². The highest BCUT2D eigenvalue weighted by Gasteiger charge is 2.53. The Hall–Kier alpha value is -2.18. The first-order valence-corrected chi connectivity index (χ1v) is 9.25. The summed E-state index contributed by atoms with van der Waals surface area (Å²) in [5, 5.41) is 1.46. The Kier molecular flexibility index (Phi) is 5.40. The molecule has 1 heterocycles. The summed E-state index contributed by atoms with van der Waals surface area (Å²) in [5.74, 6) is -1.89. The van der Waals surface area contributed by atoms with Crippen molar-refractivity contribution in [3.05, 3.63) is 39.6 Å². The van der Waals surface area contributed by atoms with Crippen molar-refractivity contribution in [1.29, 1.82) is 0 Å². The van der Waals surface area contributed by atoms with Gasteiger partial charge in [0.25, 0.3) is 0 Å². The molecule has 6 nitrogen and oxygen atoms in total. The first-order chi connectivity index (χ1) is 12.8. The zero-order valence-corrected chi connectivity index (χ0v) is 16.3. The van der Waals surface area contributed by atoms with E-state index in [1.807, 2.05) is 0 Å². The first-order valence-electron chi connectivity index (χ1n) is 8.49. The fourth-order valence-electron chi connectivity index (χ4n) is 3.44. The van der Waals surface area contributed by atoms with Crippen LogP contribution in [0.1, 0.15) is 36.2 Å². The molecule has 27 heavy (non-hydrogen) atoms. The summed E-state index contributed by atoms with van der Waals surface area (Å²) in [6.07, 6.45) is -0.340. The maximum Gasteiger partial charge on any atom is 0.324 e. The average molecular weight is 410 g/mol. The van der Waals surface area contributed by atoms with E-state index in [0.29, 0.717) is 21.9 Å². The van der Waals surface area contributed by atoms with Crippen molar-refractivity contribution in [2.45, 2.75) is 26.7 Å². The monoisotopic (exact) mass is 409 g/mol. The van der Waals surface area contributed by atoms with Crippen LogP contribution in [0, 0.1) is 5.41 Å². The van der Waals surface area contributed by atoms with Gasteiger partial charge in [-0.2, -0.15) is 0 Å². The minimum Gasteiger partial charge on any atom is -0.465 e. The second-order valence-corrected chi connectivity index (χ2v) is 6.98. The van der Waals surface area contributed by atoms with Crippen LogP contribution in [0.4, 0.5) is 0 Å². The topological polar surface area (TPSA) is 82.6 Å². The van der Waals surface area contributed by atoms with Gasteiger partial charge in [0.05, 0.1) is 13.2 Å². The van der Waals surface area contributed by atoms with E-state index in [2.05, 4.69) is 4.98 Å². The number of benzene rings is 1. The number of rotatable bonds is 4. The SMILES string of the molecule is CCOC(=O)C1(C(=O)OCC)CC(=O)c2c(ccc3c(Cl)nc(Cl)cc23)C1. The summed E-state index contributed by atoms with van der Waals surface area (Å²) < 4.78 is 10.2. The minimum atomic E-state index is -1.69. The highest BCUT2D eigenvalue weighted by Crippen LogP contribution is 2.41. The zero-order valence-electron chi connectivity index (χ0n) is 14.8. The molecule has 3 rings (SSSR count). The van der Waals surface area contributed by atoms with Crippen LogP contribution in [0.2, 0.25) is 10.3 Å². The van der Waals surface area contributed by atoms with E-state index < -0.39 is 17.4 Å². The van der Waals surface area contributed by atoms with Gasteiger partial charge in [0.15, 0.2) is 11.2 Å². The van der Waals surface area contributed by atoms with Gasteiger partial charge in [-0.25, -0.2) is 4.98 Å². The van der Waals surface area contributed by atoms with Crippen LogP contribution >= 0.6 is 23.2 Å². The first kappa shape index (κ1) is 19.6. The number of fused-ring (bicyclic) bond motifs is 3. The Bertz CT molecular complexity index is 939. The number of nitrogens with zero attached hydrogens (tertiary/aromatic N) is 1. The van der Waals surface area contributed by atoms with Crippen LogP contribution < -0.4 is 0 Å². The third kappa shape index (κ3) is 3.28. The summed E-state index contributed by atoms with van der Waals surface area (Å²) in [4.78, 5) is 42.3. The third-order valence-corrected chi connectivity index (χ3v) is 5.07. The summed E-state index contributed by atoms with van der Waals surface area (Å²) in [5.41, 5.74) is -0.758. The Morgan fingerprint density at radius 2 is 1.70 bits per heavy atom. The molecule has 0 N–H and O–H groups in total. The Labute approximate surface area is 165 Å². The number of ether oxygens (including phenoxy) is 2. The van der Waals surface area contributed by atoms with Gasteiger partial charge < -0.3 is 9.47 Å². The predicted molar refractivity (Wildman–Crippen MR) is 100 cm³/mol. The van der Waals surface area contributed by atoms with Gasteiger partial charge in [-0.3, -0.25) is 14.4 Å². The molecule has 0 aliphatic heterocycles. The summed E-state index contributed by atoms with van der Waals surface area (Å²) in [6.45, 7) is 3.46. The summed E-state index contributed by atoms with van der Waals surface area (Å²) in [6, 6.07) is 4.92. The molecule has 1 aliphatic rings. The summed E-state index contributed by atoms with van der Waals surface area (Å²) >= 11 is 12.1. The lowest BCUT2D eigenvalue weighted by Gasteiger charge is -2.33. The molecule has 0 saturated carbocycles. The molecule has 0 radical (unpaired) electrons. The molecule has 1 aliphatic carbocycles. The van der Waals surface area contributed by atoms with E-state index in [9.17, 15) is 14.4 Å². The average Bonchev–Trinajstić information content (AvgIpc) is 2.61. The van der Waals surface area contributed by atoms with Crippen LogP contribution in [-0.4, -0.2) is 35.9 Å². The van der Waals surface area contributed by atoms with E-state index in [1.165, 1.54) is 0 Å². The quantitative estimate of drug-likeness (QED) is 0.434. The van der Waals surface area contributed by atoms with Crippen LogP contribution in [0.3, 0.4) is 0 Å². The van der Waals surface area contributed by atoms with E-state index in [-0.39, 0.29) is 42.1 Å². The molecule has 8 heteroatoms. The van der Waals surface area contributed by atoms with Crippen LogP contribution in [-0.2, 0) is 25.5 Å². The number of esters is 2. The molecule has 0 saturated heterocycles. The number of pyridine rings is 1. The number of hydrogen-bond acceptors (Lipinski definition) is 6. The fourth-order valence-corrected chi connectivity index (χ4v) is 3.93. The number of Topliss-reactive ketones (excluding diaryl/α,β-unsaturated/α-hetero) is 1. The molecule has 1 aromatic carbocycles. The van der Waals surface area contributed by atoms with Crippen molar-refractivity contribution in [3.63, 3.8) is 0 Å². The lowest BCUT2D eigenvalue weighted by atomic mass is 9.70. The van der Waals surface area contributed by atoms with Gasteiger partial charge in [0, 0.05) is 23.8 Å². The van der Waals surface area contributed by atoms with Gasteiger partial charge in [-0.1, -0.05) is 35.3 Å². The van der Waals surface area contributed by atoms with Crippen molar-refractivity contribution in [3.8, 4) is 0 Å². The molecule has 0 spiro atoms. The maximum absolute atomic E-state index is 13.0. The lowest BCUT2D eigenvalue weighted by Crippen LogP contribution is -2.48. The highest BCUT2D eigenvalue weighted by molar-refractivity contribution is 6.37. The number of aromatic nitrogens is 1. The van der Waals surface area contributed by atoms with Crippen molar-refractivity contribution < 1.29 is 23.9 Å². The molecule has 2 aromatic rings. The zero-order chi connectivity index (χ0) is 19.8. The Morgan fingerprint density at radius 3 is 2.30 bits per heavy atom. The predicted octanol–water partition coefficient (Wildman–Crippen LogP) is 3.78. The van der Waals surface area contributed by atoms with Gasteiger partial charge in [-0.05, 0) is 30.9 Å². The van der Waals surface area contributed by atoms with Gasteiger partial charge in [0.2, 0.25) is 0 Å². The van der Waals surface area contributed by atoms with E-state index in [4.69, 9.17) is 32.7 Å². The van der Waals surface area contributed by atoms with E-state index >= 15 is 0 Å². The summed E-state index contributed by atoms with van der Waals surface area (Å²) in [7, 11) is 0. The van der Waals surface area contributed by atoms with Crippen LogP contribution in [0.5, 0.6) is 0 Å². The maximum atomic E-state index is 13.0. The molecule has 0 atom stereocenters. The second kappa shape index (κ2) is 7.44. The van der Waals surface area contributed by atoms with Crippen molar-refractivity contribution in [1.82, 2.24) is 4.98 Å². The smallest absolute Gasteiger partial charge is 0.324 e. The normalized spacial score (nSPS) is 15.3. The number of carbonyl (C=O) groups excluding carboxylic acids is 3. The molecule has 0 fully saturated rings. The number of ketones is 1. The van der Waals surface area contributed by atoms with Gasteiger partial charge in [0.1, 0.15) is 10.3 Å². The molecule has 1 aromatic heterocycles. The molecule has 0 bridgehead atoms. The Balaban J connectivity index is 2.19. The van der Waals surface area contributed by atoms with Gasteiger partial charge >= 0.3 is 11.9 Å². The lowest BCUT2D eigenvalue weighted by molar-refractivity contribution is -0.172. The molecule has 0 amide bonds. The molecular weight excluding hydrogens is 393 g/mol. The third-order valence-electron chi connectivity index (χ3n) is 4.59. The van der Waals surface area contributed by atoms with Crippen LogP contribution in [0.25, 0.3) is 10.8 Å². The molecule has 142 valence electrons. The van der Waals surface area contributed by atoms with E-state index in [1.54, 1.807) is 32.0 Å².